The molecule has 162 valence electrons. The van der Waals surface area contributed by atoms with Crippen LogP contribution in [-0.2, 0) is 4.79 Å². The summed E-state index contributed by atoms with van der Waals surface area (Å²) in [5.41, 5.74) is 3.31. The van der Waals surface area contributed by atoms with E-state index in [4.69, 9.17) is 11.6 Å². The highest BCUT2D eigenvalue weighted by molar-refractivity contribution is 6.44. The van der Waals surface area contributed by atoms with Crippen LogP contribution >= 0.6 is 11.6 Å². The molecule has 0 radical (unpaired) electrons. The highest BCUT2D eigenvalue weighted by Crippen LogP contribution is 2.35. The molecule has 1 atom stereocenters. The summed E-state index contributed by atoms with van der Waals surface area (Å²) in [6.07, 6.45) is 0.468. The number of para-hydroxylation sites is 1. The Kier molecular flexibility index (Phi) is 6.23. The maximum Gasteiger partial charge on any atom is 0.271 e. The molecule has 3 aromatic rings. The first kappa shape index (κ1) is 21.6. The number of nitrogens with one attached hydrogen (secondary N) is 1. The fourth-order valence-electron chi connectivity index (χ4n) is 3.61. The summed E-state index contributed by atoms with van der Waals surface area (Å²) < 4.78 is 0. The van der Waals surface area contributed by atoms with Crippen molar-refractivity contribution in [1.82, 2.24) is 4.90 Å². The van der Waals surface area contributed by atoms with Crippen LogP contribution in [0.15, 0.2) is 84.0 Å². The molecule has 0 spiro atoms. The molecular formula is C25H23ClN4O2. The van der Waals surface area contributed by atoms with Gasteiger partial charge in [0.1, 0.15) is 5.71 Å². The normalized spacial score (nSPS) is 15.3. The molecule has 2 amide bonds. The summed E-state index contributed by atoms with van der Waals surface area (Å²) >= 11 is 6.28. The Hall–Kier alpha value is -3.64. The van der Waals surface area contributed by atoms with Crippen LogP contribution in [0.25, 0.3) is 0 Å². The van der Waals surface area contributed by atoms with Crippen molar-refractivity contribution in [3.05, 3.63) is 95.0 Å². The van der Waals surface area contributed by atoms with Crippen molar-refractivity contribution in [1.29, 1.82) is 0 Å². The third-order valence-corrected chi connectivity index (χ3v) is 5.55. The molecule has 32 heavy (non-hydrogen) atoms. The van der Waals surface area contributed by atoms with Crippen molar-refractivity contribution in [2.24, 2.45) is 5.10 Å². The number of hydrogen-bond acceptors (Lipinski definition) is 4. The number of nitrogens with zero attached hydrogens (tertiary/aromatic N) is 3. The standard InChI is InChI=1S/C25H23ClN4O2/c1-29(2)25(32)20-14-13-18(15-21(20)26)27-24(31)22-16-23(17-9-5-3-6-10-17)30(28-22)19-11-7-4-8-12-19/h3-15,23H,16H2,1-2H3,(H,27,31). The lowest BCUT2D eigenvalue weighted by Crippen LogP contribution is -2.23. The van der Waals surface area contributed by atoms with Crippen LogP contribution in [0.2, 0.25) is 5.02 Å². The fourth-order valence-corrected chi connectivity index (χ4v) is 3.87. The molecule has 3 aromatic carbocycles. The number of benzene rings is 3. The fraction of sp³-hybridized carbons (Fsp3) is 0.160. The van der Waals surface area contributed by atoms with E-state index in [1.54, 1.807) is 32.3 Å². The van der Waals surface area contributed by atoms with Crippen LogP contribution in [0.4, 0.5) is 11.4 Å². The van der Waals surface area contributed by atoms with Crippen molar-refractivity contribution in [2.45, 2.75) is 12.5 Å². The zero-order valence-electron chi connectivity index (χ0n) is 17.8. The van der Waals surface area contributed by atoms with Crippen molar-refractivity contribution in [2.75, 3.05) is 24.4 Å². The molecule has 0 fully saturated rings. The molecule has 1 N–H and O–H groups in total. The topological polar surface area (TPSA) is 65.0 Å². The van der Waals surface area contributed by atoms with Crippen LogP contribution in [0.3, 0.4) is 0 Å². The van der Waals surface area contributed by atoms with E-state index in [2.05, 4.69) is 10.4 Å². The van der Waals surface area contributed by atoms with E-state index >= 15 is 0 Å². The number of carbonyl (C=O) groups excluding carboxylic acids is 2. The van der Waals surface area contributed by atoms with E-state index < -0.39 is 0 Å². The van der Waals surface area contributed by atoms with E-state index in [0.29, 0.717) is 23.4 Å². The van der Waals surface area contributed by atoms with E-state index in [1.807, 2.05) is 65.7 Å². The number of hydrazone groups is 1. The highest BCUT2D eigenvalue weighted by Gasteiger charge is 2.32. The quantitative estimate of drug-likeness (QED) is 0.600. The first-order valence-electron chi connectivity index (χ1n) is 10.2. The summed E-state index contributed by atoms with van der Waals surface area (Å²) in [4.78, 5) is 26.7. The van der Waals surface area contributed by atoms with E-state index in [0.717, 1.165) is 11.3 Å². The predicted molar refractivity (Wildman–Crippen MR) is 128 cm³/mol. The van der Waals surface area contributed by atoms with Crippen LogP contribution in [0.1, 0.15) is 28.4 Å². The van der Waals surface area contributed by atoms with Crippen molar-refractivity contribution in [3.8, 4) is 0 Å². The van der Waals surface area contributed by atoms with Crippen molar-refractivity contribution < 1.29 is 9.59 Å². The van der Waals surface area contributed by atoms with Crippen LogP contribution < -0.4 is 10.3 Å². The lowest BCUT2D eigenvalue weighted by molar-refractivity contribution is -0.110. The Morgan fingerprint density at radius 3 is 2.28 bits per heavy atom. The molecule has 0 saturated carbocycles. The molecule has 4 rings (SSSR count). The van der Waals surface area contributed by atoms with Gasteiger partial charge in [-0.3, -0.25) is 14.6 Å². The zero-order valence-corrected chi connectivity index (χ0v) is 18.6. The van der Waals surface area contributed by atoms with Crippen molar-refractivity contribution >= 4 is 40.5 Å². The summed E-state index contributed by atoms with van der Waals surface area (Å²) in [6, 6.07) is 24.6. The molecule has 6 nitrogen and oxygen atoms in total. The van der Waals surface area contributed by atoms with Gasteiger partial charge in [-0.05, 0) is 35.9 Å². The number of halogens is 1. The Labute approximate surface area is 192 Å². The molecule has 0 bridgehead atoms. The monoisotopic (exact) mass is 446 g/mol. The summed E-state index contributed by atoms with van der Waals surface area (Å²) in [7, 11) is 3.32. The molecule has 1 aliphatic rings. The smallest absolute Gasteiger partial charge is 0.271 e. The third-order valence-electron chi connectivity index (χ3n) is 5.24. The van der Waals surface area contributed by atoms with Gasteiger partial charge >= 0.3 is 0 Å². The minimum atomic E-state index is -0.299. The second-order valence-electron chi connectivity index (χ2n) is 7.71. The summed E-state index contributed by atoms with van der Waals surface area (Å²) in [5.74, 6) is -0.496. The Morgan fingerprint density at radius 2 is 1.66 bits per heavy atom. The Bertz CT molecular complexity index is 1160. The van der Waals surface area contributed by atoms with Gasteiger partial charge in [-0.15, -0.1) is 0 Å². The maximum atomic E-state index is 13.0. The largest absolute Gasteiger partial charge is 0.345 e. The molecular weight excluding hydrogens is 424 g/mol. The van der Waals surface area contributed by atoms with Gasteiger partial charge in [0.2, 0.25) is 0 Å². The Balaban J connectivity index is 1.57. The minimum absolute atomic E-state index is 0.0805. The molecule has 0 aromatic heterocycles. The maximum absolute atomic E-state index is 13.0. The lowest BCUT2D eigenvalue weighted by atomic mass is 10.0. The number of carbonyl (C=O) groups is 2. The number of hydrogen-bond donors (Lipinski definition) is 1. The van der Waals surface area contributed by atoms with Crippen molar-refractivity contribution in [3.63, 3.8) is 0 Å². The van der Waals surface area contributed by atoms with Gasteiger partial charge in [-0.2, -0.15) is 5.10 Å². The average Bonchev–Trinajstić information content (AvgIpc) is 3.26. The van der Waals surface area contributed by atoms with Gasteiger partial charge in [0.25, 0.3) is 11.8 Å². The average molecular weight is 447 g/mol. The number of anilines is 2. The minimum Gasteiger partial charge on any atom is -0.345 e. The zero-order chi connectivity index (χ0) is 22.7. The van der Waals surface area contributed by atoms with E-state index in [9.17, 15) is 9.59 Å². The number of amides is 2. The van der Waals surface area contributed by atoms with Gasteiger partial charge in [0.05, 0.1) is 22.3 Å². The molecule has 1 aliphatic heterocycles. The molecule has 0 saturated heterocycles. The van der Waals surface area contributed by atoms with Crippen LogP contribution in [0, 0.1) is 0 Å². The van der Waals surface area contributed by atoms with E-state index in [-0.39, 0.29) is 22.9 Å². The predicted octanol–water partition coefficient (Wildman–Crippen LogP) is 4.99. The summed E-state index contributed by atoms with van der Waals surface area (Å²) in [6.45, 7) is 0. The third kappa shape index (κ3) is 4.50. The van der Waals surface area contributed by atoms with Gasteiger partial charge in [-0.1, -0.05) is 60.1 Å². The molecule has 1 unspecified atom stereocenters. The van der Waals surface area contributed by atoms with Gasteiger partial charge in [0.15, 0.2) is 0 Å². The lowest BCUT2D eigenvalue weighted by Gasteiger charge is -2.23. The number of rotatable bonds is 5. The molecule has 1 heterocycles. The van der Waals surface area contributed by atoms with Gasteiger partial charge < -0.3 is 10.2 Å². The van der Waals surface area contributed by atoms with Crippen LogP contribution in [-0.4, -0.2) is 36.5 Å². The molecule has 0 aliphatic carbocycles. The van der Waals surface area contributed by atoms with Gasteiger partial charge in [-0.25, -0.2) is 0 Å². The second-order valence-corrected chi connectivity index (χ2v) is 8.11. The van der Waals surface area contributed by atoms with E-state index in [1.165, 1.54) is 4.90 Å². The first-order chi connectivity index (χ1) is 15.4. The molecule has 7 heteroatoms. The second kappa shape index (κ2) is 9.24. The first-order valence-corrected chi connectivity index (χ1v) is 10.6. The SMILES string of the molecule is CN(C)C(=O)c1ccc(NC(=O)C2=NN(c3ccccc3)C(c3ccccc3)C2)cc1Cl. The Morgan fingerprint density at radius 1 is 1.00 bits per heavy atom. The van der Waals surface area contributed by atoms with Gasteiger partial charge in [0, 0.05) is 26.2 Å². The summed E-state index contributed by atoms with van der Waals surface area (Å²) in [5, 5.41) is 9.67. The van der Waals surface area contributed by atoms with Crippen LogP contribution in [0.5, 0.6) is 0 Å². The highest BCUT2D eigenvalue weighted by atomic mass is 35.5.